The first-order valence-electron chi connectivity index (χ1n) is 7.82. The zero-order chi connectivity index (χ0) is 12.1. The molecule has 0 aromatic heterocycles. The van der Waals surface area contributed by atoms with Gasteiger partial charge in [0.25, 0.3) is 0 Å². The standard InChI is InChI=1S/C15H30N2/c1-3-10-17-12-14(4-2)16-11-15(17)13-8-6-5-7-9-13/h13-16H,3-12H2,1-2H3. The molecule has 1 aliphatic carbocycles. The van der Waals surface area contributed by atoms with Gasteiger partial charge in [0.2, 0.25) is 0 Å². The summed E-state index contributed by atoms with van der Waals surface area (Å²) < 4.78 is 0. The Bertz CT molecular complexity index is 211. The maximum absolute atomic E-state index is 3.76. The average Bonchev–Trinajstić information content (AvgIpc) is 2.40. The molecule has 1 N–H and O–H groups in total. The largest absolute Gasteiger partial charge is 0.311 e. The van der Waals surface area contributed by atoms with E-state index in [0.717, 1.165) is 18.0 Å². The lowest BCUT2D eigenvalue weighted by molar-refractivity contribution is 0.0711. The van der Waals surface area contributed by atoms with E-state index in [1.165, 1.54) is 64.6 Å². The highest BCUT2D eigenvalue weighted by atomic mass is 15.2. The van der Waals surface area contributed by atoms with Gasteiger partial charge in [-0.1, -0.05) is 33.1 Å². The van der Waals surface area contributed by atoms with Crippen molar-refractivity contribution in [2.24, 2.45) is 5.92 Å². The van der Waals surface area contributed by atoms with E-state index in [4.69, 9.17) is 0 Å². The van der Waals surface area contributed by atoms with Crippen LogP contribution in [0.25, 0.3) is 0 Å². The minimum absolute atomic E-state index is 0.737. The molecule has 0 radical (unpaired) electrons. The number of hydrogen-bond donors (Lipinski definition) is 1. The molecule has 2 rings (SSSR count). The Hall–Kier alpha value is -0.0800. The van der Waals surface area contributed by atoms with Crippen LogP contribution in [0.2, 0.25) is 0 Å². The van der Waals surface area contributed by atoms with E-state index in [1.807, 2.05) is 0 Å². The van der Waals surface area contributed by atoms with Gasteiger partial charge in [0, 0.05) is 25.2 Å². The van der Waals surface area contributed by atoms with E-state index in [9.17, 15) is 0 Å². The van der Waals surface area contributed by atoms with Gasteiger partial charge in [-0.25, -0.2) is 0 Å². The molecule has 0 amide bonds. The molecule has 2 nitrogen and oxygen atoms in total. The highest BCUT2D eigenvalue weighted by Crippen LogP contribution is 2.30. The molecule has 0 bridgehead atoms. The Kier molecular flexibility index (Phi) is 5.30. The van der Waals surface area contributed by atoms with Gasteiger partial charge in [0.1, 0.15) is 0 Å². The van der Waals surface area contributed by atoms with Crippen LogP contribution in [0.1, 0.15) is 58.8 Å². The minimum atomic E-state index is 0.737. The van der Waals surface area contributed by atoms with Gasteiger partial charge in [0.05, 0.1) is 0 Å². The predicted octanol–water partition coefficient (Wildman–Crippen LogP) is 3.03. The molecule has 0 spiro atoms. The summed E-state index contributed by atoms with van der Waals surface area (Å²) in [7, 11) is 0. The van der Waals surface area contributed by atoms with Gasteiger partial charge >= 0.3 is 0 Å². The summed E-state index contributed by atoms with van der Waals surface area (Å²) in [5, 5.41) is 3.76. The quantitative estimate of drug-likeness (QED) is 0.810. The average molecular weight is 238 g/mol. The highest BCUT2D eigenvalue weighted by molar-refractivity contribution is 4.90. The molecule has 100 valence electrons. The summed E-state index contributed by atoms with van der Waals surface area (Å²) >= 11 is 0. The fourth-order valence-corrected chi connectivity index (χ4v) is 3.70. The molecule has 1 heterocycles. The van der Waals surface area contributed by atoms with E-state index in [2.05, 4.69) is 24.1 Å². The van der Waals surface area contributed by atoms with Crippen LogP contribution < -0.4 is 5.32 Å². The van der Waals surface area contributed by atoms with Gasteiger partial charge in [0.15, 0.2) is 0 Å². The van der Waals surface area contributed by atoms with E-state index in [-0.39, 0.29) is 0 Å². The summed E-state index contributed by atoms with van der Waals surface area (Å²) in [6.07, 6.45) is 9.95. The van der Waals surface area contributed by atoms with Gasteiger partial charge in [-0.15, -0.1) is 0 Å². The van der Waals surface area contributed by atoms with Crippen LogP contribution in [-0.4, -0.2) is 36.6 Å². The van der Waals surface area contributed by atoms with Crippen molar-refractivity contribution in [3.05, 3.63) is 0 Å². The SMILES string of the molecule is CCCN1CC(CC)NCC1C1CCCCC1. The molecule has 0 aromatic rings. The van der Waals surface area contributed by atoms with Crippen LogP contribution >= 0.6 is 0 Å². The third-order valence-electron chi connectivity index (χ3n) is 4.74. The van der Waals surface area contributed by atoms with Gasteiger partial charge in [-0.05, 0) is 38.1 Å². The predicted molar refractivity (Wildman–Crippen MR) is 74.3 cm³/mol. The number of rotatable bonds is 4. The summed E-state index contributed by atoms with van der Waals surface area (Å²) in [4.78, 5) is 2.79. The Morgan fingerprint density at radius 3 is 2.53 bits per heavy atom. The Balaban J connectivity index is 1.93. The summed E-state index contributed by atoms with van der Waals surface area (Å²) in [5.74, 6) is 0.973. The maximum Gasteiger partial charge on any atom is 0.0249 e. The fourth-order valence-electron chi connectivity index (χ4n) is 3.70. The van der Waals surface area contributed by atoms with Crippen molar-refractivity contribution in [2.75, 3.05) is 19.6 Å². The maximum atomic E-state index is 3.76. The first-order chi connectivity index (χ1) is 8.35. The summed E-state index contributed by atoms with van der Waals surface area (Å²) in [6.45, 7) is 8.46. The fraction of sp³-hybridized carbons (Fsp3) is 1.00. The molecule has 2 aliphatic rings. The monoisotopic (exact) mass is 238 g/mol. The van der Waals surface area contributed by atoms with Crippen LogP contribution in [0, 0.1) is 5.92 Å². The van der Waals surface area contributed by atoms with E-state index in [1.54, 1.807) is 0 Å². The van der Waals surface area contributed by atoms with Crippen molar-refractivity contribution in [3.8, 4) is 0 Å². The van der Waals surface area contributed by atoms with Crippen molar-refractivity contribution >= 4 is 0 Å². The Labute approximate surface area is 107 Å². The highest BCUT2D eigenvalue weighted by Gasteiger charge is 2.32. The topological polar surface area (TPSA) is 15.3 Å². The molecule has 2 fully saturated rings. The first kappa shape index (κ1) is 13.4. The molecule has 17 heavy (non-hydrogen) atoms. The Morgan fingerprint density at radius 1 is 1.12 bits per heavy atom. The minimum Gasteiger partial charge on any atom is -0.311 e. The van der Waals surface area contributed by atoms with Crippen molar-refractivity contribution in [3.63, 3.8) is 0 Å². The van der Waals surface area contributed by atoms with Crippen molar-refractivity contribution in [2.45, 2.75) is 70.9 Å². The number of nitrogens with one attached hydrogen (secondary N) is 1. The van der Waals surface area contributed by atoms with Crippen LogP contribution in [0.4, 0.5) is 0 Å². The van der Waals surface area contributed by atoms with Gasteiger partial charge < -0.3 is 5.32 Å². The zero-order valence-electron chi connectivity index (χ0n) is 11.8. The summed E-state index contributed by atoms with van der Waals surface area (Å²) in [5.41, 5.74) is 0. The number of nitrogens with zero attached hydrogens (tertiary/aromatic N) is 1. The van der Waals surface area contributed by atoms with Crippen LogP contribution in [0.15, 0.2) is 0 Å². The molecule has 1 saturated heterocycles. The second kappa shape index (κ2) is 6.75. The third kappa shape index (κ3) is 3.45. The molecule has 2 heteroatoms. The van der Waals surface area contributed by atoms with Crippen molar-refractivity contribution in [1.82, 2.24) is 10.2 Å². The third-order valence-corrected chi connectivity index (χ3v) is 4.74. The van der Waals surface area contributed by atoms with Crippen molar-refractivity contribution in [1.29, 1.82) is 0 Å². The molecule has 2 atom stereocenters. The van der Waals surface area contributed by atoms with Crippen LogP contribution in [0.5, 0.6) is 0 Å². The lowest BCUT2D eigenvalue weighted by Crippen LogP contribution is -2.59. The van der Waals surface area contributed by atoms with E-state index >= 15 is 0 Å². The van der Waals surface area contributed by atoms with Gasteiger partial charge in [-0.3, -0.25) is 4.90 Å². The van der Waals surface area contributed by atoms with E-state index in [0.29, 0.717) is 0 Å². The zero-order valence-corrected chi connectivity index (χ0v) is 11.8. The number of hydrogen-bond acceptors (Lipinski definition) is 2. The van der Waals surface area contributed by atoms with Gasteiger partial charge in [-0.2, -0.15) is 0 Å². The summed E-state index contributed by atoms with van der Waals surface area (Å²) in [6, 6.07) is 1.57. The molecular weight excluding hydrogens is 208 g/mol. The molecule has 0 aromatic carbocycles. The smallest absolute Gasteiger partial charge is 0.0249 e. The molecular formula is C15H30N2. The first-order valence-corrected chi connectivity index (χ1v) is 7.82. The lowest BCUT2D eigenvalue weighted by atomic mass is 9.82. The van der Waals surface area contributed by atoms with E-state index < -0.39 is 0 Å². The molecule has 2 unspecified atom stereocenters. The van der Waals surface area contributed by atoms with Crippen molar-refractivity contribution < 1.29 is 0 Å². The number of piperazine rings is 1. The second-order valence-electron chi connectivity index (χ2n) is 5.97. The molecule has 1 aliphatic heterocycles. The Morgan fingerprint density at radius 2 is 1.88 bits per heavy atom. The lowest BCUT2D eigenvalue weighted by Gasteiger charge is -2.45. The molecule has 1 saturated carbocycles. The normalized spacial score (nSPS) is 32.8. The van der Waals surface area contributed by atoms with Crippen LogP contribution in [0.3, 0.4) is 0 Å². The second-order valence-corrected chi connectivity index (χ2v) is 5.97. The van der Waals surface area contributed by atoms with Crippen LogP contribution in [-0.2, 0) is 0 Å².